The van der Waals surface area contributed by atoms with Crippen LogP contribution in [0, 0.1) is 0 Å². The van der Waals surface area contributed by atoms with Crippen LogP contribution in [0.25, 0.3) is 120 Å². The maximum Gasteiger partial charge on any atom is 0.164 e. The fourth-order valence-corrected chi connectivity index (χ4v) is 9.48. The molecular formula is C51H29N3OS. The summed E-state index contributed by atoms with van der Waals surface area (Å²) >= 11 is 1.82. The number of furan rings is 1. The molecule has 9 aromatic carbocycles. The second kappa shape index (κ2) is 12.2. The first kappa shape index (κ1) is 31.2. The Hall–Kier alpha value is -7.21. The predicted octanol–water partition coefficient (Wildman–Crippen LogP) is 14.3. The van der Waals surface area contributed by atoms with Crippen LogP contribution in [0.5, 0.6) is 0 Å². The summed E-state index contributed by atoms with van der Waals surface area (Å²) < 4.78 is 9.34. The molecule has 0 bridgehead atoms. The van der Waals surface area contributed by atoms with Gasteiger partial charge in [-0.1, -0.05) is 127 Å². The Labute approximate surface area is 325 Å². The molecule has 12 aromatic rings. The number of rotatable bonds is 4. The first-order valence-electron chi connectivity index (χ1n) is 18.7. The molecular weight excluding hydrogens is 703 g/mol. The van der Waals surface area contributed by atoms with E-state index in [1.807, 2.05) is 11.3 Å². The third-order valence-electron chi connectivity index (χ3n) is 11.0. The normalized spacial score (nSPS) is 11.9. The molecule has 0 aliphatic rings. The molecule has 0 fully saturated rings. The lowest BCUT2D eigenvalue weighted by Gasteiger charge is -2.12. The largest absolute Gasteiger partial charge is 0.456 e. The Morgan fingerprint density at radius 1 is 0.339 bits per heavy atom. The van der Waals surface area contributed by atoms with E-state index < -0.39 is 0 Å². The molecule has 3 heterocycles. The summed E-state index contributed by atoms with van der Waals surface area (Å²) in [6.07, 6.45) is 0. The highest BCUT2D eigenvalue weighted by Gasteiger charge is 2.22. The van der Waals surface area contributed by atoms with E-state index in [2.05, 4.69) is 176 Å². The Morgan fingerprint density at radius 3 is 1.61 bits per heavy atom. The van der Waals surface area contributed by atoms with Crippen LogP contribution in [0.4, 0.5) is 0 Å². The first-order valence-corrected chi connectivity index (χ1v) is 19.6. The predicted molar refractivity (Wildman–Crippen MR) is 234 cm³/mol. The van der Waals surface area contributed by atoms with Crippen molar-refractivity contribution >= 4 is 85.8 Å². The summed E-state index contributed by atoms with van der Waals surface area (Å²) in [6.45, 7) is 0. The van der Waals surface area contributed by atoms with Gasteiger partial charge >= 0.3 is 0 Å². The van der Waals surface area contributed by atoms with Gasteiger partial charge in [0.25, 0.3) is 0 Å². The van der Waals surface area contributed by atoms with Crippen LogP contribution in [0.3, 0.4) is 0 Å². The summed E-state index contributed by atoms with van der Waals surface area (Å²) in [7, 11) is 0. The maximum atomic E-state index is 6.82. The van der Waals surface area contributed by atoms with E-state index >= 15 is 0 Å². The van der Waals surface area contributed by atoms with Gasteiger partial charge in [0.15, 0.2) is 17.5 Å². The Kier molecular flexibility index (Phi) is 6.76. The van der Waals surface area contributed by atoms with Crippen LogP contribution in [0.15, 0.2) is 180 Å². The van der Waals surface area contributed by atoms with E-state index in [9.17, 15) is 0 Å². The van der Waals surface area contributed by atoms with Gasteiger partial charge in [0.2, 0.25) is 0 Å². The third-order valence-corrected chi connectivity index (χ3v) is 12.2. The number of fused-ring (bicyclic) bond motifs is 9. The van der Waals surface area contributed by atoms with Gasteiger partial charge < -0.3 is 4.42 Å². The number of hydrogen-bond acceptors (Lipinski definition) is 5. The number of benzene rings is 9. The van der Waals surface area contributed by atoms with Crippen LogP contribution in [-0.2, 0) is 0 Å². The van der Waals surface area contributed by atoms with Crippen molar-refractivity contribution in [2.45, 2.75) is 0 Å². The van der Waals surface area contributed by atoms with Crippen molar-refractivity contribution in [1.29, 1.82) is 0 Å². The zero-order valence-corrected chi connectivity index (χ0v) is 30.7. The lowest BCUT2D eigenvalue weighted by molar-refractivity contribution is 0.669. The van der Waals surface area contributed by atoms with Crippen LogP contribution < -0.4 is 0 Å². The second-order valence-electron chi connectivity index (χ2n) is 14.4. The number of aromatic nitrogens is 3. The van der Waals surface area contributed by atoms with E-state index in [1.54, 1.807) is 0 Å². The quantitative estimate of drug-likeness (QED) is 0.181. The van der Waals surface area contributed by atoms with E-state index in [0.717, 1.165) is 71.3 Å². The second-order valence-corrected chi connectivity index (χ2v) is 15.5. The molecule has 260 valence electrons. The highest BCUT2D eigenvalue weighted by Crippen LogP contribution is 2.45. The van der Waals surface area contributed by atoms with Crippen molar-refractivity contribution < 1.29 is 4.42 Å². The first-order chi connectivity index (χ1) is 27.7. The van der Waals surface area contributed by atoms with E-state index in [-0.39, 0.29) is 0 Å². The molecule has 0 saturated heterocycles. The number of hydrogen-bond donors (Lipinski definition) is 0. The van der Waals surface area contributed by atoms with Crippen LogP contribution in [0.1, 0.15) is 0 Å². The van der Waals surface area contributed by atoms with E-state index in [4.69, 9.17) is 19.4 Å². The van der Waals surface area contributed by atoms with Crippen molar-refractivity contribution in [1.82, 2.24) is 15.0 Å². The maximum absolute atomic E-state index is 6.82. The minimum Gasteiger partial charge on any atom is -0.456 e. The molecule has 0 aliphatic carbocycles. The average molecular weight is 732 g/mol. The van der Waals surface area contributed by atoms with Crippen LogP contribution >= 0.6 is 11.3 Å². The summed E-state index contributed by atoms with van der Waals surface area (Å²) in [5, 5.41) is 11.4. The molecule has 0 saturated carbocycles. The van der Waals surface area contributed by atoms with Gasteiger partial charge in [0.05, 0.1) is 0 Å². The third kappa shape index (κ3) is 4.95. The molecule has 5 heteroatoms. The van der Waals surface area contributed by atoms with Crippen LogP contribution in [0.2, 0.25) is 0 Å². The standard InChI is InChI=1S/C51H29N3OS/c1-3-12-32-24-36(22-20-30(32)10-1)49-52-50(37-23-21-31-11-2-4-13-33(31)25-37)54-51(53-49)42-27-38(39-17-9-19-46-48(39)40-16-7-8-18-45(40)56-46)29-44-47(42)41-26-34-14-5-6-15-35(34)28-43(41)55-44/h1-29H. The number of nitrogens with zero attached hydrogens (tertiary/aromatic N) is 3. The molecule has 4 nitrogen and oxygen atoms in total. The van der Waals surface area contributed by atoms with Gasteiger partial charge in [0.1, 0.15) is 11.2 Å². The van der Waals surface area contributed by atoms with Gasteiger partial charge in [-0.2, -0.15) is 0 Å². The summed E-state index contributed by atoms with van der Waals surface area (Å²) in [5.74, 6) is 1.83. The fourth-order valence-electron chi connectivity index (χ4n) is 8.35. The number of thiophene rings is 1. The average Bonchev–Trinajstić information content (AvgIpc) is 3.82. The van der Waals surface area contributed by atoms with Crippen molar-refractivity contribution in [3.63, 3.8) is 0 Å². The monoisotopic (exact) mass is 731 g/mol. The van der Waals surface area contributed by atoms with E-state index in [1.165, 1.54) is 30.9 Å². The fraction of sp³-hybridized carbons (Fsp3) is 0. The van der Waals surface area contributed by atoms with Gasteiger partial charge in [0, 0.05) is 47.6 Å². The van der Waals surface area contributed by atoms with Gasteiger partial charge in [-0.05, 0) is 92.0 Å². The topological polar surface area (TPSA) is 51.8 Å². The zero-order valence-electron chi connectivity index (χ0n) is 29.9. The Balaban J connectivity index is 1.18. The Morgan fingerprint density at radius 2 is 0.911 bits per heavy atom. The van der Waals surface area contributed by atoms with Crippen molar-refractivity contribution in [3.8, 4) is 45.3 Å². The molecule has 3 aromatic heterocycles. The molecule has 12 rings (SSSR count). The molecule has 56 heavy (non-hydrogen) atoms. The molecule has 0 amide bonds. The zero-order chi connectivity index (χ0) is 36.7. The molecule has 0 spiro atoms. The SMILES string of the molecule is c1ccc2cc(-c3nc(-c4ccc5ccccc5c4)nc(-c4cc(-c5cccc6sc7ccccc7c56)cc5oc6cc7ccccc7cc6c45)n3)ccc2c1. The highest BCUT2D eigenvalue weighted by atomic mass is 32.1. The Bertz CT molecular complexity index is 3460. The molecule has 0 atom stereocenters. The van der Waals surface area contributed by atoms with Crippen molar-refractivity contribution in [2.24, 2.45) is 0 Å². The van der Waals surface area contributed by atoms with Crippen molar-refractivity contribution in [3.05, 3.63) is 176 Å². The lowest BCUT2D eigenvalue weighted by atomic mass is 9.95. The molecule has 0 radical (unpaired) electrons. The molecule has 0 unspecified atom stereocenters. The van der Waals surface area contributed by atoms with Gasteiger partial charge in [-0.3, -0.25) is 0 Å². The summed E-state index contributed by atoms with van der Waals surface area (Å²) in [6, 6.07) is 62.2. The lowest BCUT2D eigenvalue weighted by Crippen LogP contribution is -2.01. The smallest absolute Gasteiger partial charge is 0.164 e. The van der Waals surface area contributed by atoms with Gasteiger partial charge in [-0.25, -0.2) is 15.0 Å². The molecule has 0 N–H and O–H groups in total. The van der Waals surface area contributed by atoms with Crippen LogP contribution in [-0.4, -0.2) is 15.0 Å². The summed E-state index contributed by atoms with van der Waals surface area (Å²) in [4.78, 5) is 15.9. The van der Waals surface area contributed by atoms with Crippen molar-refractivity contribution in [2.75, 3.05) is 0 Å². The minimum absolute atomic E-state index is 0.594. The van der Waals surface area contributed by atoms with Gasteiger partial charge in [-0.15, -0.1) is 11.3 Å². The highest BCUT2D eigenvalue weighted by molar-refractivity contribution is 7.25. The molecule has 0 aliphatic heterocycles. The summed E-state index contributed by atoms with van der Waals surface area (Å²) in [5.41, 5.74) is 6.57. The van der Waals surface area contributed by atoms with E-state index in [0.29, 0.717) is 17.5 Å². The minimum atomic E-state index is 0.594.